The molecule has 2 unspecified atom stereocenters. The number of aromatic nitrogens is 1. The molecule has 126 valence electrons. The Hall–Kier alpha value is -1.99. The van der Waals surface area contributed by atoms with Crippen LogP contribution in [0.1, 0.15) is 25.7 Å². The number of rotatable bonds is 3. The second-order valence-electron chi connectivity index (χ2n) is 5.86. The monoisotopic (exact) mass is 330 g/mol. The van der Waals surface area contributed by atoms with Crippen LogP contribution < -0.4 is 4.74 Å². The topological polar surface area (TPSA) is 51.7 Å². The highest BCUT2D eigenvalue weighted by atomic mass is 19.4. The van der Waals surface area contributed by atoms with Crippen LogP contribution in [0.5, 0.6) is 5.75 Å². The van der Waals surface area contributed by atoms with Gasteiger partial charge in [-0.15, -0.1) is 0 Å². The number of hydrogen-bond donors (Lipinski definition) is 0. The molecule has 0 spiro atoms. The number of halogens is 3. The smallest absolute Gasteiger partial charge is 0.422 e. The van der Waals surface area contributed by atoms with Gasteiger partial charge in [-0.1, -0.05) is 0 Å². The van der Waals surface area contributed by atoms with E-state index in [9.17, 15) is 18.0 Å². The molecule has 1 amide bonds. The average Bonchev–Trinajstić information content (AvgIpc) is 2.77. The maximum Gasteiger partial charge on any atom is 0.422 e. The van der Waals surface area contributed by atoms with Gasteiger partial charge >= 0.3 is 12.3 Å². The fraction of sp³-hybridized carbons (Fsp3) is 0.600. The number of ether oxygens (including phenoxy) is 2. The summed E-state index contributed by atoms with van der Waals surface area (Å²) in [6.45, 7) is -1.54. The van der Waals surface area contributed by atoms with Gasteiger partial charge < -0.3 is 14.4 Å². The van der Waals surface area contributed by atoms with Crippen molar-refractivity contribution >= 4 is 6.09 Å². The first-order valence-corrected chi connectivity index (χ1v) is 7.51. The largest absolute Gasteiger partial charge is 0.489 e. The third-order valence-electron chi connectivity index (χ3n) is 4.20. The zero-order valence-electron chi connectivity index (χ0n) is 12.3. The minimum atomic E-state index is -4.50. The quantitative estimate of drug-likeness (QED) is 0.854. The van der Waals surface area contributed by atoms with Crippen molar-refractivity contribution in [2.24, 2.45) is 0 Å². The van der Waals surface area contributed by atoms with E-state index in [2.05, 4.69) is 9.72 Å². The maximum absolute atomic E-state index is 12.2. The van der Waals surface area contributed by atoms with E-state index >= 15 is 0 Å². The molecule has 2 aliphatic rings. The van der Waals surface area contributed by atoms with Gasteiger partial charge in [0.25, 0.3) is 0 Å². The van der Waals surface area contributed by atoms with Gasteiger partial charge in [-0.25, -0.2) is 4.79 Å². The van der Waals surface area contributed by atoms with Crippen LogP contribution in [0.25, 0.3) is 0 Å². The van der Waals surface area contributed by atoms with Crippen molar-refractivity contribution < 1.29 is 27.4 Å². The highest BCUT2D eigenvalue weighted by molar-refractivity contribution is 5.69. The summed E-state index contributed by atoms with van der Waals surface area (Å²) >= 11 is 0. The number of nitrogens with zero attached hydrogens (tertiary/aromatic N) is 2. The van der Waals surface area contributed by atoms with Gasteiger partial charge in [0.1, 0.15) is 11.9 Å². The molecule has 0 N–H and O–H groups in total. The number of amides is 1. The molecular formula is C15H17F3N2O3. The molecule has 0 aromatic carbocycles. The Morgan fingerprint density at radius 3 is 2.57 bits per heavy atom. The minimum absolute atomic E-state index is 0.0663. The summed E-state index contributed by atoms with van der Waals surface area (Å²) in [6, 6.07) is 3.32. The Morgan fingerprint density at radius 2 is 2.00 bits per heavy atom. The molecule has 23 heavy (non-hydrogen) atoms. The summed E-state index contributed by atoms with van der Waals surface area (Å²) in [5, 5.41) is 0. The number of carbonyl (C=O) groups is 1. The second-order valence-corrected chi connectivity index (χ2v) is 5.86. The molecule has 3 rings (SSSR count). The molecule has 1 aromatic rings. The molecule has 2 aliphatic heterocycles. The van der Waals surface area contributed by atoms with E-state index in [1.165, 1.54) is 4.90 Å². The van der Waals surface area contributed by atoms with E-state index in [0.717, 1.165) is 12.8 Å². The van der Waals surface area contributed by atoms with Gasteiger partial charge in [-0.05, 0) is 25.0 Å². The van der Waals surface area contributed by atoms with E-state index < -0.39 is 18.9 Å². The normalized spacial score (nSPS) is 26.9. The minimum Gasteiger partial charge on any atom is -0.489 e. The lowest BCUT2D eigenvalue weighted by atomic mass is 10.0. The molecule has 2 atom stereocenters. The van der Waals surface area contributed by atoms with Crippen LogP contribution in [0.15, 0.2) is 24.5 Å². The zero-order valence-corrected chi connectivity index (χ0v) is 12.3. The van der Waals surface area contributed by atoms with E-state index in [1.807, 2.05) is 0 Å². The third kappa shape index (κ3) is 3.86. The fourth-order valence-electron chi connectivity index (χ4n) is 3.35. The fourth-order valence-corrected chi connectivity index (χ4v) is 3.35. The predicted octanol–water partition coefficient (Wildman–Crippen LogP) is 3.15. The van der Waals surface area contributed by atoms with Gasteiger partial charge in [-0.2, -0.15) is 13.2 Å². The van der Waals surface area contributed by atoms with Crippen LogP contribution in [-0.4, -0.2) is 46.9 Å². The molecule has 1 aromatic heterocycles. The maximum atomic E-state index is 12.2. The molecule has 0 saturated carbocycles. The number of piperidine rings is 1. The van der Waals surface area contributed by atoms with Crippen LogP contribution in [0.4, 0.5) is 18.0 Å². The molecule has 0 radical (unpaired) electrons. The highest BCUT2D eigenvalue weighted by Gasteiger charge is 2.45. The van der Waals surface area contributed by atoms with Crippen LogP contribution in [0.2, 0.25) is 0 Å². The highest BCUT2D eigenvalue weighted by Crippen LogP contribution is 2.37. The third-order valence-corrected chi connectivity index (χ3v) is 4.20. The number of pyridine rings is 1. The van der Waals surface area contributed by atoms with E-state index in [4.69, 9.17) is 4.74 Å². The standard InChI is InChI=1S/C15H17F3N2O3/c16-15(17,18)9-22-14(21)20-10-3-4-11(20)7-13(6-10)23-12-2-1-5-19-8-12/h1-2,5,8,10-11,13H,3-4,6-7,9H2. The molecule has 0 aliphatic carbocycles. The number of alkyl halides is 3. The predicted molar refractivity (Wildman–Crippen MR) is 73.9 cm³/mol. The molecule has 8 heteroatoms. The Balaban J connectivity index is 1.58. The van der Waals surface area contributed by atoms with Gasteiger partial charge in [0.15, 0.2) is 6.61 Å². The lowest BCUT2D eigenvalue weighted by Gasteiger charge is -2.38. The molecule has 2 saturated heterocycles. The first-order valence-electron chi connectivity index (χ1n) is 7.51. The lowest BCUT2D eigenvalue weighted by Crippen LogP contribution is -2.49. The van der Waals surface area contributed by atoms with Crippen molar-refractivity contribution in [3.05, 3.63) is 24.5 Å². The molecule has 5 nitrogen and oxygen atoms in total. The SMILES string of the molecule is O=C(OCC(F)(F)F)N1C2CCC1CC(Oc1cccnc1)C2. The van der Waals surface area contributed by atoms with Crippen molar-refractivity contribution in [3.8, 4) is 5.75 Å². The van der Waals surface area contributed by atoms with Crippen molar-refractivity contribution in [2.45, 2.75) is 50.0 Å². The van der Waals surface area contributed by atoms with Crippen LogP contribution in [-0.2, 0) is 4.74 Å². The number of hydrogen-bond acceptors (Lipinski definition) is 4. The Bertz CT molecular complexity index is 539. The Kier molecular flexibility index (Phi) is 4.32. The van der Waals surface area contributed by atoms with Crippen molar-refractivity contribution in [1.82, 2.24) is 9.88 Å². The Morgan fingerprint density at radius 1 is 1.30 bits per heavy atom. The summed E-state index contributed by atoms with van der Waals surface area (Å²) in [5.41, 5.74) is 0. The van der Waals surface area contributed by atoms with Crippen molar-refractivity contribution in [2.75, 3.05) is 6.61 Å². The van der Waals surface area contributed by atoms with Crippen LogP contribution >= 0.6 is 0 Å². The summed E-state index contributed by atoms with van der Waals surface area (Å²) < 4.78 is 46.8. The summed E-state index contributed by atoms with van der Waals surface area (Å²) in [7, 11) is 0. The van der Waals surface area contributed by atoms with E-state index in [0.29, 0.717) is 18.6 Å². The molecule has 2 fully saturated rings. The van der Waals surface area contributed by atoms with Gasteiger partial charge in [0, 0.05) is 31.1 Å². The average molecular weight is 330 g/mol. The molecule has 3 heterocycles. The van der Waals surface area contributed by atoms with Gasteiger partial charge in [0.05, 0.1) is 6.20 Å². The molecular weight excluding hydrogens is 313 g/mol. The number of fused-ring (bicyclic) bond motifs is 2. The summed E-state index contributed by atoms with van der Waals surface area (Å²) in [4.78, 5) is 17.4. The lowest BCUT2D eigenvalue weighted by molar-refractivity contribution is -0.163. The van der Waals surface area contributed by atoms with Crippen molar-refractivity contribution in [3.63, 3.8) is 0 Å². The second kappa shape index (κ2) is 6.25. The van der Waals surface area contributed by atoms with Gasteiger partial charge in [-0.3, -0.25) is 4.98 Å². The summed E-state index contributed by atoms with van der Waals surface area (Å²) in [6.07, 6.45) is 0.521. The summed E-state index contributed by atoms with van der Waals surface area (Å²) in [5.74, 6) is 0.657. The first kappa shape index (κ1) is 15.9. The number of carbonyl (C=O) groups excluding carboxylic acids is 1. The van der Waals surface area contributed by atoms with Crippen molar-refractivity contribution in [1.29, 1.82) is 0 Å². The van der Waals surface area contributed by atoms with Gasteiger partial charge in [0.2, 0.25) is 0 Å². The van der Waals surface area contributed by atoms with E-state index in [1.54, 1.807) is 24.5 Å². The Labute approximate surface area is 131 Å². The van der Waals surface area contributed by atoms with Crippen LogP contribution in [0, 0.1) is 0 Å². The first-order chi connectivity index (χ1) is 10.9. The van der Waals surface area contributed by atoms with E-state index in [-0.39, 0.29) is 18.2 Å². The van der Waals surface area contributed by atoms with Crippen LogP contribution in [0.3, 0.4) is 0 Å². The molecule has 2 bridgehead atoms. The zero-order chi connectivity index (χ0) is 16.4.